The molecule has 1 fully saturated rings. The molecular weight excluding hydrogens is 268 g/mol. The molecule has 0 unspecified atom stereocenters. The van der Waals surface area contributed by atoms with E-state index in [0.29, 0.717) is 24.8 Å². The molecule has 6 heteroatoms. The number of likely N-dealkylation sites (tertiary alicyclic amines) is 1. The molecule has 0 aliphatic carbocycles. The van der Waals surface area contributed by atoms with Crippen molar-refractivity contribution in [2.75, 3.05) is 25.0 Å². The number of hydrogen-bond donors (Lipinski definition) is 1. The number of rotatable bonds is 6. The number of carbonyl (C=O) groups excluding carboxylic acids is 1. The Morgan fingerprint density at radius 1 is 1.38 bits per heavy atom. The maximum atomic E-state index is 11.9. The van der Waals surface area contributed by atoms with E-state index in [1.165, 1.54) is 0 Å². The Kier molecular flexibility index (Phi) is 5.36. The van der Waals surface area contributed by atoms with Crippen molar-refractivity contribution in [3.05, 3.63) is 11.8 Å². The summed E-state index contributed by atoms with van der Waals surface area (Å²) in [4.78, 5) is 22.5. The number of hydrogen-bond acceptors (Lipinski definition) is 5. The smallest absolute Gasteiger partial charge is 0.226 e. The topological polar surface area (TPSA) is 67.3 Å². The predicted molar refractivity (Wildman–Crippen MR) is 81.5 cm³/mol. The molecule has 0 aromatic carbocycles. The van der Waals surface area contributed by atoms with Crippen LogP contribution in [0.2, 0.25) is 0 Å². The summed E-state index contributed by atoms with van der Waals surface area (Å²) in [6.07, 6.45) is 2.79. The van der Waals surface area contributed by atoms with E-state index >= 15 is 0 Å². The molecule has 21 heavy (non-hydrogen) atoms. The van der Waals surface area contributed by atoms with Crippen molar-refractivity contribution in [3.63, 3.8) is 0 Å². The molecule has 1 aromatic rings. The second kappa shape index (κ2) is 7.24. The van der Waals surface area contributed by atoms with Gasteiger partial charge in [0.15, 0.2) is 0 Å². The molecule has 0 atom stereocenters. The highest BCUT2D eigenvalue weighted by atomic mass is 16.5. The summed E-state index contributed by atoms with van der Waals surface area (Å²) in [5.41, 5.74) is 0.842. The van der Waals surface area contributed by atoms with E-state index in [2.05, 4.69) is 15.3 Å². The van der Waals surface area contributed by atoms with E-state index in [9.17, 15) is 4.79 Å². The first-order chi connectivity index (χ1) is 10.0. The highest BCUT2D eigenvalue weighted by Gasteiger charge is 2.17. The summed E-state index contributed by atoms with van der Waals surface area (Å²) >= 11 is 0. The molecule has 1 aromatic heterocycles. The van der Waals surface area contributed by atoms with Crippen LogP contribution in [-0.2, 0) is 4.79 Å². The van der Waals surface area contributed by atoms with Crippen LogP contribution >= 0.6 is 0 Å². The van der Waals surface area contributed by atoms with Crippen LogP contribution in [0.4, 0.5) is 5.95 Å². The lowest BCUT2D eigenvalue weighted by Gasteiger charge is -2.15. The fourth-order valence-corrected chi connectivity index (χ4v) is 2.33. The number of carbonyl (C=O) groups is 1. The molecule has 1 N–H and O–H groups in total. The summed E-state index contributed by atoms with van der Waals surface area (Å²) in [6.45, 7) is 8.15. The van der Waals surface area contributed by atoms with Gasteiger partial charge in [0.1, 0.15) is 0 Å². The average molecular weight is 292 g/mol. The first-order valence-corrected chi connectivity index (χ1v) is 7.58. The van der Waals surface area contributed by atoms with Crippen LogP contribution in [0, 0.1) is 6.92 Å². The van der Waals surface area contributed by atoms with E-state index in [1.807, 2.05) is 25.7 Å². The van der Waals surface area contributed by atoms with Gasteiger partial charge in [0.2, 0.25) is 17.7 Å². The third kappa shape index (κ3) is 4.88. The molecule has 1 saturated heterocycles. The first kappa shape index (κ1) is 15.5. The number of ether oxygens (including phenoxy) is 1. The van der Waals surface area contributed by atoms with E-state index in [4.69, 9.17) is 4.74 Å². The molecular formula is C15H24N4O2. The van der Waals surface area contributed by atoms with Gasteiger partial charge in [-0.15, -0.1) is 0 Å². The molecule has 2 heterocycles. The van der Waals surface area contributed by atoms with Gasteiger partial charge < -0.3 is 15.0 Å². The average Bonchev–Trinajstić information content (AvgIpc) is 2.90. The molecule has 1 amide bonds. The maximum Gasteiger partial charge on any atom is 0.226 e. The van der Waals surface area contributed by atoms with Crippen LogP contribution in [0.15, 0.2) is 6.07 Å². The summed E-state index contributed by atoms with van der Waals surface area (Å²) < 4.78 is 5.58. The third-order valence-electron chi connectivity index (χ3n) is 3.27. The maximum absolute atomic E-state index is 11.9. The molecule has 1 aliphatic heterocycles. The number of aromatic nitrogens is 2. The Bertz CT molecular complexity index is 485. The zero-order chi connectivity index (χ0) is 15.2. The van der Waals surface area contributed by atoms with Crippen LogP contribution in [0.5, 0.6) is 5.88 Å². The zero-order valence-corrected chi connectivity index (χ0v) is 13.1. The molecule has 116 valence electrons. The van der Waals surface area contributed by atoms with Crippen molar-refractivity contribution >= 4 is 11.9 Å². The Hall–Kier alpha value is -1.85. The summed E-state index contributed by atoms with van der Waals surface area (Å²) in [5, 5.41) is 3.10. The molecule has 0 bridgehead atoms. The minimum Gasteiger partial charge on any atom is -0.475 e. The van der Waals surface area contributed by atoms with Crippen LogP contribution in [-0.4, -0.2) is 46.5 Å². The van der Waals surface area contributed by atoms with Crippen molar-refractivity contribution in [2.45, 2.75) is 46.1 Å². The fraction of sp³-hybridized carbons (Fsp3) is 0.667. The van der Waals surface area contributed by atoms with Crippen LogP contribution in [0.25, 0.3) is 0 Å². The van der Waals surface area contributed by atoms with Crippen LogP contribution in [0.3, 0.4) is 0 Å². The molecule has 0 spiro atoms. The minimum atomic E-state index is 0.0731. The Morgan fingerprint density at radius 2 is 2.10 bits per heavy atom. The summed E-state index contributed by atoms with van der Waals surface area (Å²) in [6, 6.07) is 1.81. The normalized spacial score (nSPS) is 14.6. The van der Waals surface area contributed by atoms with Gasteiger partial charge >= 0.3 is 0 Å². The van der Waals surface area contributed by atoms with Crippen molar-refractivity contribution in [1.29, 1.82) is 0 Å². The van der Waals surface area contributed by atoms with E-state index in [-0.39, 0.29) is 12.0 Å². The summed E-state index contributed by atoms with van der Waals surface area (Å²) in [5.74, 6) is 1.28. The minimum absolute atomic E-state index is 0.0731. The van der Waals surface area contributed by atoms with Crippen LogP contribution in [0.1, 0.15) is 38.8 Å². The zero-order valence-electron chi connectivity index (χ0n) is 13.1. The van der Waals surface area contributed by atoms with Crippen molar-refractivity contribution < 1.29 is 9.53 Å². The van der Waals surface area contributed by atoms with Gasteiger partial charge in [-0.2, -0.15) is 4.98 Å². The molecule has 0 radical (unpaired) electrons. The summed E-state index contributed by atoms with van der Waals surface area (Å²) in [7, 11) is 0. The molecule has 1 aliphatic rings. The van der Waals surface area contributed by atoms with Gasteiger partial charge in [0.05, 0.1) is 6.10 Å². The predicted octanol–water partition coefficient (Wildman–Crippen LogP) is 2.00. The van der Waals surface area contributed by atoms with E-state index in [1.54, 1.807) is 6.07 Å². The highest BCUT2D eigenvalue weighted by Crippen LogP contribution is 2.14. The largest absolute Gasteiger partial charge is 0.475 e. The van der Waals surface area contributed by atoms with E-state index in [0.717, 1.165) is 31.6 Å². The van der Waals surface area contributed by atoms with Gasteiger partial charge in [-0.05, 0) is 33.6 Å². The SMILES string of the molecule is Cc1cc(OC(C)C)nc(NCCC(=O)N2CCCC2)n1. The number of nitrogens with one attached hydrogen (secondary N) is 1. The number of anilines is 1. The molecule has 2 rings (SSSR count). The third-order valence-corrected chi connectivity index (χ3v) is 3.27. The standard InChI is InChI=1S/C15H24N4O2/c1-11(2)21-13-10-12(3)17-15(18-13)16-7-6-14(20)19-8-4-5-9-19/h10-11H,4-9H2,1-3H3,(H,16,17,18). The van der Waals surface area contributed by atoms with Gasteiger partial charge in [-0.25, -0.2) is 4.98 Å². The fourth-order valence-electron chi connectivity index (χ4n) is 2.33. The van der Waals surface area contributed by atoms with Gasteiger partial charge in [0.25, 0.3) is 0 Å². The first-order valence-electron chi connectivity index (χ1n) is 7.58. The monoisotopic (exact) mass is 292 g/mol. The second-order valence-electron chi connectivity index (χ2n) is 5.60. The van der Waals surface area contributed by atoms with Gasteiger partial charge in [0, 0.05) is 37.8 Å². The number of amides is 1. The number of aryl methyl sites for hydroxylation is 1. The van der Waals surface area contributed by atoms with Crippen molar-refractivity contribution in [2.24, 2.45) is 0 Å². The Labute approximate surface area is 125 Å². The second-order valence-corrected chi connectivity index (χ2v) is 5.60. The lowest BCUT2D eigenvalue weighted by molar-refractivity contribution is -0.129. The van der Waals surface area contributed by atoms with Crippen molar-refractivity contribution in [1.82, 2.24) is 14.9 Å². The lowest BCUT2D eigenvalue weighted by atomic mass is 10.3. The lowest BCUT2D eigenvalue weighted by Crippen LogP contribution is -2.29. The van der Waals surface area contributed by atoms with Crippen LogP contribution < -0.4 is 10.1 Å². The van der Waals surface area contributed by atoms with E-state index < -0.39 is 0 Å². The quantitative estimate of drug-likeness (QED) is 0.868. The Morgan fingerprint density at radius 3 is 2.76 bits per heavy atom. The highest BCUT2D eigenvalue weighted by molar-refractivity contribution is 5.76. The molecule has 6 nitrogen and oxygen atoms in total. The van der Waals surface area contributed by atoms with Gasteiger partial charge in [-0.3, -0.25) is 4.79 Å². The van der Waals surface area contributed by atoms with Crippen molar-refractivity contribution in [3.8, 4) is 5.88 Å². The van der Waals surface area contributed by atoms with Gasteiger partial charge in [-0.1, -0.05) is 0 Å². The molecule has 0 saturated carbocycles. The number of nitrogens with zero attached hydrogens (tertiary/aromatic N) is 3. The Balaban J connectivity index is 1.84.